The van der Waals surface area contributed by atoms with Gasteiger partial charge in [-0.25, -0.2) is 0 Å². The Bertz CT molecular complexity index is 289. The minimum Gasteiger partial charge on any atom is -0.508 e. The van der Waals surface area contributed by atoms with Gasteiger partial charge in [-0.15, -0.1) is 12.4 Å². The molecule has 0 saturated carbocycles. The average molecular weight is 230 g/mol. The van der Waals surface area contributed by atoms with E-state index in [1.807, 2.05) is 18.2 Å². The Morgan fingerprint density at radius 2 is 1.80 bits per heavy atom. The van der Waals surface area contributed by atoms with E-state index in [9.17, 15) is 5.11 Å². The summed E-state index contributed by atoms with van der Waals surface area (Å²) in [6, 6.07) is 7.25. The average Bonchev–Trinajstić information content (AvgIpc) is 2.15. The molecule has 0 bridgehead atoms. The van der Waals surface area contributed by atoms with Gasteiger partial charge in [-0.1, -0.05) is 32.0 Å². The number of phenolic OH excluding ortho intramolecular Hbond substituents is 1. The monoisotopic (exact) mass is 229 g/mol. The number of hydrogen-bond acceptors (Lipinski definition) is 2. The van der Waals surface area contributed by atoms with E-state index in [0.29, 0.717) is 11.7 Å². The maximum atomic E-state index is 9.57. The summed E-state index contributed by atoms with van der Waals surface area (Å²) in [4.78, 5) is 0. The van der Waals surface area contributed by atoms with E-state index in [2.05, 4.69) is 13.8 Å². The quantitative estimate of drug-likeness (QED) is 0.833. The lowest BCUT2D eigenvalue weighted by molar-refractivity contribution is 0.448. The molecule has 0 unspecified atom stereocenters. The van der Waals surface area contributed by atoms with Crippen LogP contribution in [-0.2, 0) is 0 Å². The van der Waals surface area contributed by atoms with Crippen LogP contribution in [0.4, 0.5) is 0 Å². The standard InChI is InChI=1S/C12H19NO.ClH/c1-9(2)7-8-11(13)10-5-3-4-6-12(10)14;/h3-6,9,11,14H,7-8,13H2,1-2H3;1H/t11-;/m1./s1. The van der Waals surface area contributed by atoms with Gasteiger partial charge in [0, 0.05) is 11.6 Å². The van der Waals surface area contributed by atoms with Crippen LogP contribution in [0.25, 0.3) is 0 Å². The molecule has 0 aromatic heterocycles. The highest BCUT2D eigenvalue weighted by Crippen LogP contribution is 2.25. The fourth-order valence-corrected chi connectivity index (χ4v) is 1.47. The predicted octanol–water partition coefficient (Wildman–Crippen LogP) is 3.25. The zero-order valence-electron chi connectivity index (χ0n) is 9.31. The Morgan fingerprint density at radius 3 is 2.33 bits per heavy atom. The smallest absolute Gasteiger partial charge is 0.120 e. The first-order valence-electron chi connectivity index (χ1n) is 5.14. The maximum absolute atomic E-state index is 9.57. The van der Waals surface area contributed by atoms with Gasteiger partial charge in [0.2, 0.25) is 0 Å². The van der Waals surface area contributed by atoms with Gasteiger partial charge >= 0.3 is 0 Å². The third-order valence-corrected chi connectivity index (χ3v) is 2.39. The molecule has 1 aromatic carbocycles. The molecule has 3 N–H and O–H groups in total. The zero-order chi connectivity index (χ0) is 10.6. The fraction of sp³-hybridized carbons (Fsp3) is 0.500. The molecule has 1 rings (SSSR count). The summed E-state index contributed by atoms with van der Waals surface area (Å²) >= 11 is 0. The van der Waals surface area contributed by atoms with Crippen LogP contribution < -0.4 is 5.73 Å². The molecule has 15 heavy (non-hydrogen) atoms. The number of rotatable bonds is 4. The van der Waals surface area contributed by atoms with E-state index in [4.69, 9.17) is 5.73 Å². The molecular formula is C12H20ClNO. The molecule has 1 aromatic rings. The van der Waals surface area contributed by atoms with Crippen molar-refractivity contribution in [2.24, 2.45) is 11.7 Å². The molecule has 0 aliphatic rings. The first kappa shape index (κ1) is 14.3. The Morgan fingerprint density at radius 1 is 1.20 bits per heavy atom. The second kappa shape index (κ2) is 6.70. The number of para-hydroxylation sites is 1. The third kappa shape index (κ3) is 4.54. The SMILES string of the molecule is CC(C)CC[C@@H](N)c1ccccc1O.Cl. The van der Waals surface area contributed by atoms with Gasteiger partial charge in [0.05, 0.1) is 0 Å². The molecule has 2 nitrogen and oxygen atoms in total. The number of nitrogens with two attached hydrogens (primary N) is 1. The summed E-state index contributed by atoms with van der Waals surface area (Å²) in [6.45, 7) is 4.36. The van der Waals surface area contributed by atoms with E-state index in [0.717, 1.165) is 18.4 Å². The van der Waals surface area contributed by atoms with Gasteiger partial charge < -0.3 is 10.8 Å². The molecule has 1 atom stereocenters. The van der Waals surface area contributed by atoms with Crippen molar-refractivity contribution in [2.45, 2.75) is 32.7 Å². The Kier molecular flexibility index (Phi) is 6.37. The maximum Gasteiger partial charge on any atom is 0.120 e. The van der Waals surface area contributed by atoms with Crippen molar-refractivity contribution in [1.82, 2.24) is 0 Å². The van der Waals surface area contributed by atoms with Crippen molar-refractivity contribution < 1.29 is 5.11 Å². The minimum atomic E-state index is -0.0430. The number of hydrogen-bond donors (Lipinski definition) is 2. The highest BCUT2D eigenvalue weighted by Gasteiger charge is 2.10. The van der Waals surface area contributed by atoms with Crippen molar-refractivity contribution in [3.05, 3.63) is 29.8 Å². The first-order chi connectivity index (χ1) is 6.61. The summed E-state index contributed by atoms with van der Waals surface area (Å²) in [5, 5.41) is 9.57. The van der Waals surface area contributed by atoms with Gasteiger partial charge in [0.25, 0.3) is 0 Å². The van der Waals surface area contributed by atoms with Crippen LogP contribution in [0.15, 0.2) is 24.3 Å². The third-order valence-electron chi connectivity index (χ3n) is 2.39. The second-order valence-corrected chi connectivity index (χ2v) is 4.14. The van der Waals surface area contributed by atoms with E-state index in [-0.39, 0.29) is 18.4 Å². The van der Waals surface area contributed by atoms with Crippen LogP contribution in [0.5, 0.6) is 5.75 Å². The van der Waals surface area contributed by atoms with Crippen molar-refractivity contribution in [1.29, 1.82) is 0 Å². The number of halogens is 1. The zero-order valence-corrected chi connectivity index (χ0v) is 10.1. The normalized spacial score (nSPS) is 12.3. The molecular weight excluding hydrogens is 210 g/mol. The van der Waals surface area contributed by atoms with Crippen LogP contribution in [0.1, 0.15) is 38.3 Å². The number of aromatic hydroxyl groups is 1. The summed E-state index contributed by atoms with van der Waals surface area (Å²) in [7, 11) is 0. The molecule has 0 fully saturated rings. The van der Waals surface area contributed by atoms with Crippen molar-refractivity contribution in [3.63, 3.8) is 0 Å². The van der Waals surface area contributed by atoms with Crippen LogP contribution in [0.2, 0.25) is 0 Å². The van der Waals surface area contributed by atoms with Crippen LogP contribution in [-0.4, -0.2) is 5.11 Å². The number of benzene rings is 1. The molecule has 0 radical (unpaired) electrons. The first-order valence-corrected chi connectivity index (χ1v) is 5.14. The van der Waals surface area contributed by atoms with Gasteiger partial charge in [-0.2, -0.15) is 0 Å². The fourth-order valence-electron chi connectivity index (χ4n) is 1.47. The summed E-state index contributed by atoms with van der Waals surface area (Å²) in [5.41, 5.74) is 6.84. The molecule has 0 spiro atoms. The van der Waals surface area contributed by atoms with Crippen molar-refractivity contribution >= 4 is 12.4 Å². The Balaban J connectivity index is 0.00000196. The largest absolute Gasteiger partial charge is 0.508 e. The topological polar surface area (TPSA) is 46.2 Å². The van der Waals surface area contributed by atoms with Gasteiger partial charge in [0.1, 0.15) is 5.75 Å². The van der Waals surface area contributed by atoms with E-state index in [1.165, 1.54) is 0 Å². The Labute approximate surface area is 97.9 Å². The summed E-state index contributed by atoms with van der Waals surface area (Å²) < 4.78 is 0. The van der Waals surface area contributed by atoms with Crippen molar-refractivity contribution in [2.75, 3.05) is 0 Å². The Hall–Kier alpha value is -0.730. The van der Waals surface area contributed by atoms with E-state index in [1.54, 1.807) is 6.07 Å². The molecule has 0 saturated heterocycles. The summed E-state index contributed by atoms with van der Waals surface area (Å²) in [5.74, 6) is 0.968. The molecule has 0 heterocycles. The van der Waals surface area contributed by atoms with Gasteiger partial charge in [-0.3, -0.25) is 0 Å². The highest BCUT2D eigenvalue weighted by molar-refractivity contribution is 5.85. The van der Waals surface area contributed by atoms with Crippen molar-refractivity contribution in [3.8, 4) is 5.75 Å². The number of phenols is 1. The molecule has 0 aliphatic carbocycles. The van der Waals surface area contributed by atoms with Crippen LogP contribution >= 0.6 is 12.4 Å². The van der Waals surface area contributed by atoms with Gasteiger partial charge in [-0.05, 0) is 24.8 Å². The van der Waals surface area contributed by atoms with Crippen LogP contribution in [0, 0.1) is 5.92 Å². The van der Waals surface area contributed by atoms with Gasteiger partial charge in [0.15, 0.2) is 0 Å². The molecule has 86 valence electrons. The molecule has 0 amide bonds. The lowest BCUT2D eigenvalue weighted by atomic mass is 9.98. The highest BCUT2D eigenvalue weighted by atomic mass is 35.5. The van der Waals surface area contributed by atoms with Crippen LogP contribution in [0.3, 0.4) is 0 Å². The molecule has 0 aliphatic heterocycles. The van der Waals surface area contributed by atoms with E-state index >= 15 is 0 Å². The minimum absolute atomic E-state index is 0. The van der Waals surface area contributed by atoms with E-state index < -0.39 is 0 Å². The lowest BCUT2D eigenvalue weighted by Crippen LogP contribution is -2.11. The molecule has 3 heteroatoms. The second-order valence-electron chi connectivity index (χ2n) is 4.14. The predicted molar refractivity (Wildman–Crippen MR) is 66.4 cm³/mol. The lowest BCUT2D eigenvalue weighted by Gasteiger charge is -2.14. The summed E-state index contributed by atoms with van der Waals surface area (Å²) in [6.07, 6.45) is 2.02.